The normalized spacial score (nSPS) is 11.3. The summed E-state index contributed by atoms with van der Waals surface area (Å²) in [4.78, 5) is 25.1. The quantitative estimate of drug-likeness (QED) is 0.194. The SMILES string of the molecule is O=C(CCC(=O)c1ccc2ccc3cccc4ccc1c2c34)OCc1ccccc1. The minimum atomic E-state index is -0.357. The van der Waals surface area contributed by atoms with Gasteiger partial charge in [0, 0.05) is 12.0 Å². The van der Waals surface area contributed by atoms with Gasteiger partial charge in [0.25, 0.3) is 0 Å². The lowest BCUT2D eigenvalue weighted by atomic mass is 9.90. The minimum Gasteiger partial charge on any atom is -0.461 e. The third-order valence-electron chi connectivity index (χ3n) is 5.63. The lowest BCUT2D eigenvalue weighted by Crippen LogP contribution is -2.08. The Morgan fingerprint density at radius 2 is 1.30 bits per heavy atom. The Morgan fingerprint density at radius 1 is 0.633 bits per heavy atom. The Hall–Kier alpha value is -3.72. The predicted octanol–water partition coefficient (Wildman–Crippen LogP) is 6.29. The van der Waals surface area contributed by atoms with Crippen LogP contribution in [0.5, 0.6) is 0 Å². The van der Waals surface area contributed by atoms with Crippen molar-refractivity contribution < 1.29 is 14.3 Å². The molecule has 30 heavy (non-hydrogen) atoms. The summed E-state index contributed by atoms with van der Waals surface area (Å²) in [5.41, 5.74) is 1.60. The molecule has 0 aliphatic heterocycles. The van der Waals surface area contributed by atoms with Crippen molar-refractivity contribution in [2.45, 2.75) is 19.4 Å². The van der Waals surface area contributed by atoms with E-state index in [4.69, 9.17) is 4.74 Å². The van der Waals surface area contributed by atoms with Gasteiger partial charge < -0.3 is 4.74 Å². The van der Waals surface area contributed by atoms with Crippen LogP contribution in [-0.2, 0) is 16.1 Å². The topological polar surface area (TPSA) is 43.4 Å². The first-order chi connectivity index (χ1) is 14.7. The highest BCUT2D eigenvalue weighted by Gasteiger charge is 2.16. The molecule has 5 aromatic carbocycles. The molecule has 0 aromatic heterocycles. The van der Waals surface area contributed by atoms with E-state index in [1.807, 2.05) is 48.5 Å². The molecule has 0 fully saturated rings. The summed E-state index contributed by atoms with van der Waals surface area (Å²) < 4.78 is 5.30. The average Bonchev–Trinajstić information content (AvgIpc) is 2.80. The van der Waals surface area contributed by atoms with E-state index in [2.05, 4.69) is 36.4 Å². The number of esters is 1. The van der Waals surface area contributed by atoms with Crippen LogP contribution in [0.25, 0.3) is 32.3 Å². The molecule has 0 saturated carbocycles. The molecule has 0 aliphatic rings. The van der Waals surface area contributed by atoms with Gasteiger partial charge in [-0.25, -0.2) is 0 Å². The van der Waals surface area contributed by atoms with Crippen molar-refractivity contribution in [2.75, 3.05) is 0 Å². The number of hydrogen-bond donors (Lipinski definition) is 0. The summed E-state index contributed by atoms with van der Waals surface area (Å²) in [5, 5.41) is 6.69. The predicted molar refractivity (Wildman–Crippen MR) is 120 cm³/mol. The molecule has 5 aromatic rings. The molecule has 3 nitrogen and oxygen atoms in total. The number of ether oxygens (including phenoxy) is 1. The third kappa shape index (κ3) is 3.29. The maximum atomic E-state index is 13.0. The van der Waals surface area contributed by atoms with E-state index in [-0.39, 0.29) is 31.2 Å². The molecule has 0 aliphatic carbocycles. The van der Waals surface area contributed by atoms with Gasteiger partial charge in [-0.15, -0.1) is 0 Å². The summed E-state index contributed by atoms with van der Waals surface area (Å²) in [6, 6.07) is 27.9. The Bertz CT molecular complexity index is 1350. The summed E-state index contributed by atoms with van der Waals surface area (Å²) in [6.45, 7) is 0.229. The Morgan fingerprint density at radius 3 is 2.07 bits per heavy atom. The number of benzene rings is 5. The largest absolute Gasteiger partial charge is 0.461 e. The van der Waals surface area contributed by atoms with Gasteiger partial charge in [0.2, 0.25) is 0 Å². The summed E-state index contributed by atoms with van der Waals surface area (Å²) >= 11 is 0. The van der Waals surface area contributed by atoms with Crippen molar-refractivity contribution in [3.63, 3.8) is 0 Å². The number of hydrogen-bond acceptors (Lipinski definition) is 3. The second kappa shape index (κ2) is 7.60. The molecule has 0 heterocycles. The van der Waals surface area contributed by atoms with E-state index >= 15 is 0 Å². The van der Waals surface area contributed by atoms with E-state index in [0.29, 0.717) is 5.56 Å². The van der Waals surface area contributed by atoms with Gasteiger partial charge in [-0.05, 0) is 37.9 Å². The van der Waals surface area contributed by atoms with Crippen LogP contribution in [0.3, 0.4) is 0 Å². The van der Waals surface area contributed by atoms with E-state index < -0.39 is 0 Å². The van der Waals surface area contributed by atoms with Crippen LogP contribution in [-0.4, -0.2) is 11.8 Å². The number of carbonyl (C=O) groups is 2. The minimum absolute atomic E-state index is 0.0374. The van der Waals surface area contributed by atoms with Gasteiger partial charge in [-0.2, -0.15) is 0 Å². The highest BCUT2D eigenvalue weighted by molar-refractivity contribution is 6.26. The van der Waals surface area contributed by atoms with Gasteiger partial charge in [0.05, 0.1) is 6.42 Å². The van der Waals surface area contributed by atoms with Crippen LogP contribution in [0.15, 0.2) is 84.9 Å². The van der Waals surface area contributed by atoms with Crippen molar-refractivity contribution in [3.8, 4) is 0 Å². The zero-order chi connectivity index (χ0) is 20.5. The molecule has 0 radical (unpaired) electrons. The maximum Gasteiger partial charge on any atom is 0.306 e. The number of ketones is 1. The maximum absolute atomic E-state index is 13.0. The van der Waals surface area contributed by atoms with Crippen LogP contribution < -0.4 is 0 Å². The molecule has 0 N–H and O–H groups in total. The molecule has 146 valence electrons. The summed E-state index contributed by atoms with van der Waals surface area (Å²) in [7, 11) is 0. The van der Waals surface area contributed by atoms with Crippen LogP contribution >= 0.6 is 0 Å². The molecule has 0 atom stereocenters. The van der Waals surface area contributed by atoms with Crippen molar-refractivity contribution in [1.29, 1.82) is 0 Å². The standard InChI is InChI=1S/C27H20O3/c28-24(15-16-25(29)30-17-18-5-2-1-3-6-18)22-13-11-21-10-9-19-7-4-8-20-12-14-23(22)27(21)26(19)20/h1-14H,15-17H2. The zero-order valence-corrected chi connectivity index (χ0v) is 16.4. The van der Waals surface area contributed by atoms with E-state index in [1.54, 1.807) is 0 Å². The van der Waals surface area contributed by atoms with E-state index in [1.165, 1.54) is 16.2 Å². The fourth-order valence-electron chi connectivity index (χ4n) is 4.14. The average molecular weight is 392 g/mol. The first kappa shape index (κ1) is 18.3. The van der Waals surface area contributed by atoms with Crippen LogP contribution in [0, 0.1) is 0 Å². The van der Waals surface area contributed by atoms with Crippen LogP contribution in [0.4, 0.5) is 0 Å². The summed E-state index contributed by atoms with van der Waals surface area (Å²) in [5.74, 6) is -0.394. The van der Waals surface area contributed by atoms with Crippen molar-refractivity contribution in [1.82, 2.24) is 0 Å². The number of rotatable bonds is 6. The number of carbonyl (C=O) groups excluding carboxylic acids is 2. The zero-order valence-electron chi connectivity index (χ0n) is 16.4. The first-order valence-corrected chi connectivity index (χ1v) is 10.1. The lowest BCUT2D eigenvalue weighted by Gasteiger charge is -2.13. The molecule has 5 rings (SSSR count). The molecular formula is C27H20O3. The Kier molecular flexibility index (Phi) is 4.64. The number of Topliss-reactive ketones (excluding diaryl/α,β-unsaturated/α-hetero) is 1. The van der Waals surface area contributed by atoms with Crippen LogP contribution in [0.2, 0.25) is 0 Å². The smallest absolute Gasteiger partial charge is 0.306 e. The second-order valence-electron chi connectivity index (χ2n) is 7.54. The highest BCUT2D eigenvalue weighted by atomic mass is 16.5. The molecular weight excluding hydrogens is 372 g/mol. The van der Waals surface area contributed by atoms with E-state index in [9.17, 15) is 9.59 Å². The Balaban J connectivity index is 1.38. The first-order valence-electron chi connectivity index (χ1n) is 10.1. The Labute approximate surface area is 174 Å². The van der Waals surface area contributed by atoms with Crippen molar-refractivity contribution >= 4 is 44.1 Å². The van der Waals surface area contributed by atoms with Gasteiger partial charge in [0.15, 0.2) is 5.78 Å². The lowest BCUT2D eigenvalue weighted by molar-refractivity contribution is -0.144. The second-order valence-corrected chi connectivity index (χ2v) is 7.54. The summed E-state index contributed by atoms with van der Waals surface area (Å²) in [6.07, 6.45) is 0.214. The fourth-order valence-corrected chi connectivity index (χ4v) is 4.14. The molecule has 3 heteroatoms. The molecule has 0 unspecified atom stereocenters. The van der Waals surface area contributed by atoms with Crippen molar-refractivity contribution in [2.24, 2.45) is 0 Å². The molecule has 0 saturated heterocycles. The van der Waals surface area contributed by atoms with Gasteiger partial charge >= 0.3 is 5.97 Å². The van der Waals surface area contributed by atoms with Gasteiger partial charge in [0.1, 0.15) is 6.61 Å². The fraction of sp³-hybridized carbons (Fsp3) is 0.111. The molecule has 0 amide bonds. The van der Waals surface area contributed by atoms with Gasteiger partial charge in [-0.3, -0.25) is 9.59 Å². The van der Waals surface area contributed by atoms with Crippen molar-refractivity contribution in [3.05, 3.63) is 96.1 Å². The van der Waals surface area contributed by atoms with E-state index in [0.717, 1.165) is 21.7 Å². The molecule has 0 bridgehead atoms. The third-order valence-corrected chi connectivity index (χ3v) is 5.63. The van der Waals surface area contributed by atoms with Gasteiger partial charge in [-0.1, -0.05) is 84.9 Å². The monoisotopic (exact) mass is 392 g/mol. The van der Waals surface area contributed by atoms with Crippen LogP contribution in [0.1, 0.15) is 28.8 Å². The highest BCUT2D eigenvalue weighted by Crippen LogP contribution is 2.36. The molecule has 0 spiro atoms.